The second-order valence-corrected chi connectivity index (χ2v) is 8.68. The third kappa shape index (κ3) is 2.28. The summed E-state index contributed by atoms with van der Waals surface area (Å²) in [6.07, 6.45) is 1.03. The molecule has 0 unspecified atom stereocenters. The number of benzene rings is 2. The molecule has 5 heteroatoms. The van der Waals surface area contributed by atoms with Crippen LogP contribution in [0.3, 0.4) is 0 Å². The molecule has 2 aromatic carbocycles. The Balaban J connectivity index is 1.79. The molecule has 5 rings (SSSR count). The molecule has 5 nitrogen and oxygen atoms in total. The molecular formula is C24H24N2O3. The number of carbonyl (C=O) groups is 3. The van der Waals surface area contributed by atoms with E-state index in [-0.39, 0.29) is 23.4 Å². The molecule has 29 heavy (non-hydrogen) atoms. The van der Waals surface area contributed by atoms with E-state index in [1.165, 1.54) is 0 Å². The molecule has 3 aliphatic rings. The van der Waals surface area contributed by atoms with Crippen molar-refractivity contribution < 1.29 is 14.4 Å². The molecule has 2 aromatic rings. The van der Waals surface area contributed by atoms with Gasteiger partial charge >= 0.3 is 0 Å². The van der Waals surface area contributed by atoms with Crippen LogP contribution in [-0.4, -0.2) is 40.1 Å². The van der Waals surface area contributed by atoms with Gasteiger partial charge in [-0.05, 0) is 17.9 Å². The molecule has 0 saturated carbocycles. The van der Waals surface area contributed by atoms with Crippen LogP contribution < -0.4 is 0 Å². The number of hydrazine groups is 1. The van der Waals surface area contributed by atoms with Gasteiger partial charge in [0.1, 0.15) is 5.41 Å². The second-order valence-electron chi connectivity index (χ2n) is 8.68. The molecule has 0 bridgehead atoms. The van der Waals surface area contributed by atoms with Crippen molar-refractivity contribution in [3.8, 4) is 0 Å². The van der Waals surface area contributed by atoms with Crippen molar-refractivity contribution >= 4 is 17.5 Å². The lowest BCUT2D eigenvalue weighted by Gasteiger charge is -2.34. The first-order valence-electron chi connectivity index (χ1n) is 10.3. The van der Waals surface area contributed by atoms with Crippen LogP contribution in [0.2, 0.25) is 0 Å². The number of carbonyl (C=O) groups excluding carboxylic acids is 3. The summed E-state index contributed by atoms with van der Waals surface area (Å²) in [4.78, 5) is 40.8. The zero-order valence-electron chi connectivity index (χ0n) is 16.7. The molecule has 1 aliphatic carbocycles. The lowest BCUT2D eigenvalue weighted by atomic mass is 9.67. The standard InChI is InChI=1S/C24H24N2O3/c1-15(2)14-19-24(22(28)17-10-6-7-11-18(17)23(24)29)21(16-8-4-3-5-9-16)25-13-12-20(27)26(19)25/h3-11,15,19,21H,12-14H2,1-2H3/t19-,21+/m1/s1. The van der Waals surface area contributed by atoms with E-state index < -0.39 is 17.5 Å². The minimum Gasteiger partial charge on any atom is -0.293 e. The van der Waals surface area contributed by atoms with Crippen molar-refractivity contribution in [2.24, 2.45) is 11.3 Å². The van der Waals surface area contributed by atoms with E-state index in [1.54, 1.807) is 29.3 Å². The molecule has 2 aliphatic heterocycles. The topological polar surface area (TPSA) is 57.7 Å². The summed E-state index contributed by atoms with van der Waals surface area (Å²) in [6, 6.07) is 15.9. The fourth-order valence-electron chi connectivity index (χ4n) is 5.57. The maximum atomic E-state index is 14.0. The van der Waals surface area contributed by atoms with E-state index >= 15 is 0 Å². The number of Topliss-reactive ketones (excluding diaryl/α,β-unsaturated/α-hetero) is 2. The maximum absolute atomic E-state index is 14.0. The van der Waals surface area contributed by atoms with Gasteiger partial charge in [0, 0.05) is 24.1 Å². The number of hydrogen-bond acceptors (Lipinski definition) is 4. The van der Waals surface area contributed by atoms with Gasteiger partial charge in [0.25, 0.3) is 0 Å². The van der Waals surface area contributed by atoms with Gasteiger partial charge in [-0.2, -0.15) is 0 Å². The number of hydrogen-bond donors (Lipinski definition) is 0. The summed E-state index contributed by atoms with van der Waals surface area (Å²) in [5.74, 6) is -0.0319. The van der Waals surface area contributed by atoms with Crippen LogP contribution in [0.25, 0.3) is 0 Å². The Bertz CT molecular complexity index is 979. The highest BCUT2D eigenvalue weighted by atomic mass is 16.2. The van der Waals surface area contributed by atoms with Gasteiger partial charge < -0.3 is 0 Å². The van der Waals surface area contributed by atoms with Crippen LogP contribution in [0.1, 0.15) is 59.0 Å². The number of ketones is 2. The minimum atomic E-state index is -1.29. The fraction of sp³-hybridized carbons (Fsp3) is 0.375. The summed E-state index contributed by atoms with van der Waals surface area (Å²) in [5.41, 5.74) is 0.600. The van der Waals surface area contributed by atoms with Crippen molar-refractivity contribution in [3.63, 3.8) is 0 Å². The molecule has 0 N–H and O–H groups in total. The predicted molar refractivity (Wildman–Crippen MR) is 108 cm³/mol. The smallest absolute Gasteiger partial charge is 0.238 e. The first-order chi connectivity index (χ1) is 14.0. The van der Waals surface area contributed by atoms with Crippen molar-refractivity contribution in [2.75, 3.05) is 6.54 Å². The number of amides is 1. The van der Waals surface area contributed by atoms with Gasteiger partial charge in [0.2, 0.25) is 5.91 Å². The van der Waals surface area contributed by atoms with Crippen molar-refractivity contribution in [1.29, 1.82) is 0 Å². The molecule has 1 spiro atoms. The Morgan fingerprint density at radius 3 is 2.10 bits per heavy atom. The van der Waals surface area contributed by atoms with Crippen molar-refractivity contribution in [2.45, 2.75) is 38.8 Å². The van der Waals surface area contributed by atoms with E-state index in [2.05, 4.69) is 13.8 Å². The maximum Gasteiger partial charge on any atom is 0.238 e. The molecule has 2 atom stereocenters. The largest absolute Gasteiger partial charge is 0.293 e. The number of fused-ring (bicyclic) bond motifs is 2. The van der Waals surface area contributed by atoms with Gasteiger partial charge in [0.15, 0.2) is 11.6 Å². The van der Waals surface area contributed by atoms with Gasteiger partial charge in [-0.15, -0.1) is 0 Å². The number of rotatable bonds is 3. The van der Waals surface area contributed by atoms with Gasteiger partial charge in [0.05, 0.1) is 12.1 Å². The molecular weight excluding hydrogens is 364 g/mol. The highest BCUT2D eigenvalue weighted by molar-refractivity contribution is 6.31. The first kappa shape index (κ1) is 18.3. The van der Waals surface area contributed by atoms with E-state index in [0.717, 1.165) is 5.56 Å². The summed E-state index contributed by atoms with van der Waals surface area (Å²) < 4.78 is 0. The Hall–Kier alpha value is -2.79. The average molecular weight is 388 g/mol. The molecule has 2 heterocycles. The van der Waals surface area contributed by atoms with Crippen LogP contribution in [0.5, 0.6) is 0 Å². The Kier molecular flexibility index (Phi) is 4.00. The first-order valence-corrected chi connectivity index (χ1v) is 10.3. The van der Waals surface area contributed by atoms with Gasteiger partial charge in [-0.1, -0.05) is 68.4 Å². The Morgan fingerprint density at radius 2 is 1.52 bits per heavy atom. The monoisotopic (exact) mass is 388 g/mol. The molecule has 0 aromatic heterocycles. The minimum absolute atomic E-state index is 0.00464. The molecule has 148 valence electrons. The zero-order valence-corrected chi connectivity index (χ0v) is 16.7. The molecule has 1 amide bonds. The van der Waals surface area contributed by atoms with Crippen LogP contribution in [0, 0.1) is 11.3 Å². The van der Waals surface area contributed by atoms with E-state index in [0.29, 0.717) is 30.5 Å². The SMILES string of the molecule is CC(C)C[C@H]1N2C(=O)CCN2[C@@H](c2ccccc2)C12C(=O)c1ccccc1C2=O. The normalized spacial score (nSPS) is 25.3. The number of nitrogens with zero attached hydrogens (tertiary/aromatic N) is 2. The predicted octanol–water partition coefficient (Wildman–Crippen LogP) is 3.67. The Labute approximate surface area is 170 Å². The van der Waals surface area contributed by atoms with E-state index in [1.807, 2.05) is 35.3 Å². The van der Waals surface area contributed by atoms with Crippen LogP contribution in [0.15, 0.2) is 54.6 Å². The quantitative estimate of drug-likeness (QED) is 0.753. The third-order valence-electron chi connectivity index (χ3n) is 6.61. The Morgan fingerprint density at radius 1 is 0.931 bits per heavy atom. The lowest BCUT2D eigenvalue weighted by molar-refractivity contribution is -0.139. The second kappa shape index (κ2) is 6.36. The van der Waals surface area contributed by atoms with Crippen LogP contribution in [-0.2, 0) is 4.79 Å². The van der Waals surface area contributed by atoms with Crippen molar-refractivity contribution in [1.82, 2.24) is 10.0 Å². The molecule has 2 fully saturated rings. The molecule has 2 saturated heterocycles. The van der Waals surface area contributed by atoms with Crippen LogP contribution in [0.4, 0.5) is 0 Å². The molecule has 0 radical (unpaired) electrons. The van der Waals surface area contributed by atoms with Crippen LogP contribution >= 0.6 is 0 Å². The van der Waals surface area contributed by atoms with Crippen molar-refractivity contribution in [3.05, 3.63) is 71.3 Å². The van der Waals surface area contributed by atoms with Gasteiger partial charge in [-0.3, -0.25) is 19.4 Å². The summed E-state index contributed by atoms with van der Waals surface area (Å²) in [7, 11) is 0. The third-order valence-corrected chi connectivity index (χ3v) is 6.61. The summed E-state index contributed by atoms with van der Waals surface area (Å²) in [6.45, 7) is 4.68. The lowest BCUT2D eigenvalue weighted by Crippen LogP contribution is -2.50. The summed E-state index contributed by atoms with van der Waals surface area (Å²) >= 11 is 0. The van der Waals surface area contributed by atoms with Gasteiger partial charge in [-0.25, -0.2) is 5.01 Å². The van der Waals surface area contributed by atoms with E-state index in [9.17, 15) is 14.4 Å². The average Bonchev–Trinajstić information content (AvgIpc) is 3.30. The van der Waals surface area contributed by atoms with E-state index in [4.69, 9.17) is 0 Å². The fourth-order valence-corrected chi connectivity index (χ4v) is 5.57. The zero-order chi connectivity index (χ0) is 20.3. The summed E-state index contributed by atoms with van der Waals surface area (Å²) in [5, 5.41) is 3.74. The highest BCUT2D eigenvalue weighted by Gasteiger charge is 2.71. The highest BCUT2D eigenvalue weighted by Crippen LogP contribution is 2.59.